The number of anilines is 1. The number of hydrogen-bond acceptors (Lipinski definition) is 3. The first kappa shape index (κ1) is 23.2. The lowest BCUT2D eigenvalue weighted by molar-refractivity contribution is 0.300. The third kappa shape index (κ3) is 4.92. The minimum absolute atomic E-state index is 0.200. The summed E-state index contributed by atoms with van der Waals surface area (Å²) in [6.45, 7) is 2.36. The molecule has 1 N–H and O–H groups in total. The van der Waals surface area contributed by atoms with Gasteiger partial charge in [0.05, 0.1) is 11.7 Å². The second-order valence-corrected chi connectivity index (χ2v) is 9.87. The number of nitrogens with one attached hydrogen (secondary N) is 1. The lowest BCUT2D eigenvalue weighted by Crippen LogP contribution is -2.29. The smallest absolute Gasteiger partial charge is 0.129 e. The standard InChI is InChI=1S/C33H29FN2O/c1-22-9-18-32-30(19-22)28-6-4-7-29(28)33(36-32)24-12-14-26(15-13-24)35-20-23-10-16-27(17-11-23)37-21-25-5-2-3-8-31(25)34/h2-6,8-20,28-29,33,36H,7,21H2,1H3/t28-,29-,33+/m1/s1. The highest BCUT2D eigenvalue weighted by atomic mass is 19.1. The molecule has 0 amide bonds. The molecule has 0 saturated carbocycles. The SMILES string of the molecule is Cc1ccc2c(c1)[C@@H]1C=CC[C@H]1[C@H](c1ccc(N=Cc3ccc(OCc4ccccc4F)cc3)cc1)N2. The van der Waals surface area contributed by atoms with Crippen LogP contribution in [0.4, 0.5) is 15.8 Å². The lowest BCUT2D eigenvalue weighted by atomic mass is 9.76. The predicted molar refractivity (Wildman–Crippen MR) is 148 cm³/mol. The van der Waals surface area contributed by atoms with Gasteiger partial charge >= 0.3 is 0 Å². The Kier molecular flexibility index (Phi) is 6.32. The maximum Gasteiger partial charge on any atom is 0.129 e. The van der Waals surface area contributed by atoms with Crippen LogP contribution < -0.4 is 10.1 Å². The van der Waals surface area contributed by atoms with Gasteiger partial charge in [0.1, 0.15) is 18.2 Å². The first-order valence-corrected chi connectivity index (χ1v) is 12.8. The first-order chi connectivity index (χ1) is 18.1. The van der Waals surface area contributed by atoms with Crippen LogP contribution in [0.3, 0.4) is 0 Å². The predicted octanol–water partition coefficient (Wildman–Crippen LogP) is 8.29. The molecule has 3 atom stereocenters. The topological polar surface area (TPSA) is 33.6 Å². The average molecular weight is 489 g/mol. The van der Waals surface area contributed by atoms with E-state index in [2.05, 4.69) is 71.8 Å². The number of hydrogen-bond donors (Lipinski definition) is 1. The Morgan fingerprint density at radius 2 is 1.78 bits per heavy atom. The number of allylic oxidation sites excluding steroid dienone is 2. The van der Waals surface area contributed by atoms with Crippen LogP contribution in [0.5, 0.6) is 5.75 Å². The number of ether oxygens (including phenoxy) is 1. The van der Waals surface area contributed by atoms with Crippen molar-refractivity contribution in [3.63, 3.8) is 0 Å². The van der Waals surface area contributed by atoms with E-state index in [9.17, 15) is 4.39 Å². The quantitative estimate of drug-likeness (QED) is 0.219. The van der Waals surface area contributed by atoms with E-state index in [-0.39, 0.29) is 18.5 Å². The summed E-state index contributed by atoms with van der Waals surface area (Å²) in [5.41, 5.74) is 7.69. The van der Waals surface area contributed by atoms with Gasteiger partial charge in [0.15, 0.2) is 0 Å². The van der Waals surface area contributed by atoms with E-state index >= 15 is 0 Å². The molecular formula is C33H29FN2O. The zero-order valence-electron chi connectivity index (χ0n) is 20.8. The van der Waals surface area contributed by atoms with Crippen molar-refractivity contribution in [1.82, 2.24) is 0 Å². The number of fused-ring (bicyclic) bond motifs is 3. The van der Waals surface area contributed by atoms with E-state index < -0.39 is 0 Å². The van der Waals surface area contributed by atoms with Gasteiger partial charge in [-0.3, -0.25) is 4.99 Å². The summed E-state index contributed by atoms with van der Waals surface area (Å²) in [6, 6.07) is 29.9. The Balaban J connectivity index is 1.11. The number of halogens is 1. The molecule has 0 spiro atoms. The summed E-state index contributed by atoms with van der Waals surface area (Å²) in [5, 5.41) is 3.81. The van der Waals surface area contributed by atoms with E-state index in [1.54, 1.807) is 12.1 Å². The minimum Gasteiger partial charge on any atom is -0.489 e. The van der Waals surface area contributed by atoms with Crippen molar-refractivity contribution < 1.29 is 9.13 Å². The molecule has 4 aromatic carbocycles. The molecule has 0 radical (unpaired) electrons. The Morgan fingerprint density at radius 3 is 2.59 bits per heavy atom. The second kappa shape index (κ2) is 10.1. The fourth-order valence-electron chi connectivity index (χ4n) is 5.39. The molecule has 1 aliphatic carbocycles. The summed E-state index contributed by atoms with van der Waals surface area (Å²) >= 11 is 0. The molecule has 0 saturated heterocycles. The Morgan fingerprint density at radius 1 is 0.973 bits per heavy atom. The van der Waals surface area contributed by atoms with Crippen molar-refractivity contribution in [2.75, 3.05) is 5.32 Å². The lowest BCUT2D eigenvalue weighted by Gasteiger charge is -2.37. The zero-order valence-corrected chi connectivity index (χ0v) is 20.8. The summed E-state index contributed by atoms with van der Waals surface area (Å²) in [6.07, 6.45) is 7.65. The van der Waals surface area contributed by atoms with Crippen molar-refractivity contribution in [2.24, 2.45) is 10.9 Å². The monoisotopic (exact) mass is 488 g/mol. The fraction of sp³-hybridized carbons (Fsp3) is 0.182. The molecule has 4 aromatic rings. The van der Waals surface area contributed by atoms with Crippen LogP contribution in [0.15, 0.2) is 108 Å². The van der Waals surface area contributed by atoms with Crippen LogP contribution in [0.2, 0.25) is 0 Å². The number of nitrogens with zero attached hydrogens (tertiary/aromatic N) is 1. The largest absolute Gasteiger partial charge is 0.489 e. The highest BCUT2D eigenvalue weighted by Crippen LogP contribution is 2.50. The average Bonchev–Trinajstić information content (AvgIpc) is 3.43. The molecule has 184 valence electrons. The van der Waals surface area contributed by atoms with Gasteiger partial charge in [-0.05, 0) is 84.5 Å². The molecule has 0 unspecified atom stereocenters. The fourth-order valence-corrected chi connectivity index (χ4v) is 5.39. The number of aryl methyl sites for hydroxylation is 1. The highest BCUT2D eigenvalue weighted by Gasteiger charge is 2.37. The maximum atomic E-state index is 13.8. The molecule has 2 aliphatic rings. The molecule has 0 aromatic heterocycles. The van der Waals surface area contributed by atoms with Crippen molar-refractivity contribution in [1.29, 1.82) is 0 Å². The Labute approximate surface area is 217 Å². The normalized spacial score (nSPS) is 19.9. The van der Waals surface area contributed by atoms with Crippen LogP contribution in [0.1, 0.15) is 46.2 Å². The van der Waals surface area contributed by atoms with Gasteiger partial charge in [0.2, 0.25) is 0 Å². The maximum absolute atomic E-state index is 13.8. The van der Waals surface area contributed by atoms with E-state index in [4.69, 9.17) is 4.74 Å². The third-order valence-electron chi connectivity index (χ3n) is 7.37. The molecule has 3 nitrogen and oxygen atoms in total. The van der Waals surface area contributed by atoms with Crippen LogP contribution in [-0.4, -0.2) is 6.21 Å². The summed E-state index contributed by atoms with van der Waals surface area (Å²) in [7, 11) is 0. The van der Waals surface area contributed by atoms with Crippen LogP contribution in [0.25, 0.3) is 0 Å². The van der Waals surface area contributed by atoms with Crippen LogP contribution in [-0.2, 0) is 6.61 Å². The Bertz CT molecular complexity index is 1460. The minimum atomic E-state index is -0.254. The molecule has 6 rings (SSSR count). The van der Waals surface area contributed by atoms with Gasteiger partial charge in [-0.2, -0.15) is 0 Å². The van der Waals surface area contributed by atoms with Gasteiger partial charge in [0, 0.05) is 23.4 Å². The number of aliphatic imine (C=N–C) groups is 1. The molecule has 4 heteroatoms. The molecule has 1 heterocycles. The van der Waals surface area contributed by atoms with Crippen molar-refractivity contribution in [3.8, 4) is 5.75 Å². The van der Waals surface area contributed by atoms with E-state index in [0.29, 0.717) is 23.1 Å². The van der Waals surface area contributed by atoms with Crippen LogP contribution >= 0.6 is 0 Å². The third-order valence-corrected chi connectivity index (χ3v) is 7.37. The summed E-state index contributed by atoms with van der Waals surface area (Å²) in [4.78, 5) is 4.66. The molecular weight excluding hydrogens is 459 g/mol. The van der Waals surface area contributed by atoms with Crippen molar-refractivity contribution in [2.45, 2.75) is 31.9 Å². The highest BCUT2D eigenvalue weighted by molar-refractivity contribution is 5.82. The number of rotatable bonds is 6. The van der Waals surface area contributed by atoms with Crippen molar-refractivity contribution in [3.05, 3.63) is 137 Å². The van der Waals surface area contributed by atoms with Crippen molar-refractivity contribution >= 4 is 17.6 Å². The van der Waals surface area contributed by atoms with Gasteiger partial charge in [0.25, 0.3) is 0 Å². The van der Waals surface area contributed by atoms with E-state index in [1.165, 1.54) is 28.4 Å². The first-order valence-electron chi connectivity index (χ1n) is 12.8. The van der Waals surface area contributed by atoms with Gasteiger partial charge in [-0.1, -0.05) is 60.2 Å². The summed E-state index contributed by atoms with van der Waals surface area (Å²) < 4.78 is 19.5. The molecule has 37 heavy (non-hydrogen) atoms. The Hall–Kier alpha value is -4.18. The van der Waals surface area contributed by atoms with Gasteiger partial charge in [-0.25, -0.2) is 4.39 Å². The second-order valence-electron chi connectivity index (χ2n) is 9.87. The van der Waals surface area contributed by atoms with Gasteiger partial charge in [-0.15, -0.1) is 0 Å². The molecule has 0 fully saturated rings. The van der Waals surface area contributed by atoms with E-state index in [1.807, 2.05) is 36.5 Å². The number of benzene rings is 4. The van der Waals surface area contributed by atoms with Crippen LogP contribution in [0, 0.1) is 18.7 Å². The zero-order chi connectivity index (χ0) is 25.2. The molecule has 1 aliphatic heterocycles. The summed E-state index contributed by atoms with van der Waals surface area (Å²) in [5.74, 6) is 1.44. The van der Waals surface area contributed by atoms with Gasteiger partial charge < -0.3 is 10.1 Å². The molecule has 0 bridgehead atoms. The van der Waals surface area contributed by atoms with E-state index in [0.717, 1.165) is 17.7 Å².